The number of halogens is 1. The lowest BCUT2D eigenvalue weighted by Gasteiger charge is -2.33. The highest BCUT2D eigenvalue weighted by molar-refractivity contribution is 5.92. The number of carboxylic acid groups (broad SMARTS) is 1. The van der Waals surface area contributed by atoms with Crippen LogP contribution in [0.15, 0.2) is 24.3 Å². The minimum absolute atomic E-state index is 0.0231. The molecule has 1 aromatic carbocycles. The van der Waals surface area contributed by atoms with E-state index in [4.69, 9.17) is 5.11 Å². The number of carbonyl (C=O) groups is 2. The van der Waals surface area contributed by atoms with Gasteiger partial charge in [0.2, 0.25) is 5.91 Å². The summed E-state index contributed by atoms with van der Waals surface area (Å²) >= 11 is 0. The van der Waals surface area contributed by atoms with Crippen LogP contribution >= 0.6 is 0 Å². The van der Waals surface area contributed by atoms with Gasteiger partial charge in [0, 0.05) is 26.2 Å². The number of amides is 1. The molecule has 1 fully saturated rings. The van der Waals surface area contributed by atoms with Gasteiger partial charge in [-0.2, -0.15) is 0 Å². The van der Waals surface area contributed by atoms with Gasteiger partial charge in [0.15, 0.2) is 0 Å². The number of carboxylic acids is 1. The fourth-order valence-corrected chi connectivity index (χ4v) is 2.25. The summed E-state index contributed by atoms with van der Waals surface area (Å²) < 4.78 is 13.4. The lowest BCUT2D eigenvalue weighted by atomic mass is 10.3. The second-order valence-corrected chi connectivity index (χ2v) is 4.97. The van der Waals surface area contributed by atoms with Gasteiger partial charge in [-0.25, -0.2) is 4.39 Å². The van der Waals surface area contributed by atoms with Crippen LogP contribution in [0.25, 0.3) is 0 Å². The van der Waals surface area contributed by atoms with Crippen LogP contribution in [-0.4, -0.2) is 66.1 Å². The van der Waals surface area contributed by atoms with Gasteiger partial charge in [-0.05, 0) is 12.1 Å². The molecule has 114 valence electrons. The molecule has 2 N–H and O–H groups in total. The van der Waals surface area contributed by atoms with Gasteiger partial charge in [0.25, 0.3) is 0 Å². The monoisotopic (exact) mass is 295 g/mol. The van der Waals surface area contributed by atoms with Crippen molar-refractivity contribution in [2.75, 3.05) is 44.6 Å². The number of nitrogens with one attached hydrogen (secondary N) is 1. The van der Waals surface area contributed by atoms with Gasteiger partial charge in [-0.3, -0.25) is 19.4 Å². The molecular weight excluding hydrogens is 277 g/mol. The van der Waals surface area contributed by atoms with E-state index >= 15 is 0 Å². The molecule has 1 heterocycles. The van der Waals surface area contributed by atoms with Crippen LogP contribution in [0.2, 0.25) is 0 Å². The number of hydrogen-bond donors (Lipinski definition) is 2. The van der Waals surface area contributed by atoms with Gasteiger partial charge in [0.05, 0.1) is 18.8 Å². The number of hydrogen-bond acceptors (Lipinski definition) is 4. The second-order valence-electron chi connectivity index (χ2n) is 4.97. The van der Waals surface area contributed by atoms with E-state index < -0.39 is 11.8 Å². The SMILES string of the molecule is O=C(O)CN1CCN(CC(=O)Nc2ccccc2F)CC1. The summed E-state index contributed by atoms with van der Waals surface area (Å²) in [6.07, 6.45) is 0. The number of anilines is 1. The molecule has 7 heteroatoms. The first-order valence-electron chi connectivity index (χ1n) is 6.75. The van der Waals surface area contributed by atoms with Crippen LogP contribution in [0.1, 0.15) is 0 Å². The third kappa shape index (κ3) is 4.80. The quantitative estimate of drug-likeness (QED) is 0.826. The highest BCUT2D eigenvalue weighted by Gasteiger charge is 2.20. The Morgan fingerprint density at radius 3 is 2.24 bits per heavy atom. The maximum Gasteiger partial charge on any atom is 0.317 e. The zero-order valence-corrected chi connectivity index (χ0v) is 11.6. The molecule has 1 aromatic rings. The Labute approximate surface area is 122 Å². The number of para-hydroxylation sites is 1. The molecule has 6 nitrogen and oxygen atoms in total. The highest BCUT2D eigenvalue weighted by atomic mass is 19.1. The van der Waals surface area contributed by atoms with Crippen molar-refractivity contribution in [2.24, 2.45) is 0 Å². The second kappa shape index (κ2) is 7.14. The molecule has 0 spiro atoms. The molecule has 21 heavy (non-hydrogen) atoms. The van der Waals surface area contributed by atoms with E-state index in [9.17, 15) is 14.0 Å². The Morgan fingerprint density at radius 1 is 1.10 bits per heavy atom. The maximum absolute atomic E-state index is 13.4. The van der Waals surface area contributed by atoms with Gasteiger partial charge >= 0.3 is 5.97 Å². The Balaban J connectivity index is 1.77. The van der Waals surface area contributed by atoms with Gasteiger partial charge in [-0.15, -0.1) is 0 Å². The Morgan fingerprint density at radius 2 is 1.67 bits per heavy atom. The standard InChI is InChI=1S/C14H18FN3O3/c15-11-3-1-2-4-12(11)16-13(19)9-17-5-7-18(8-6-17)10-14(20)21/h1-4H,5-10H2,(H,16,19)(H,20,21). The van der Waals surface area contributed by atoms with E-state index in [2.05, 4.69) is 5.32 Å². The van der Waals surface area contributed by atoms with Gasteiger partial charge < -0.3 is 10.4 Å². The summed E-state index contributed by atoms with van der Waals surface area (Å²) in [6, 6.07) is 6.02. The molecule has 1 aliphatic rings. The zero-order chi connectivity index (χ0) is 15.2. The third-order valence-corrected chi connectivity index (χ3v) is 3.34. The number of rotatable bonds is 5. The van der Waals surface area contributed by atoms with E-state index in [-0.39, 0.29) is 24.7 Å². The van der Waals surface area contributed by atoms with E-state index in [1.807, 2.05) is 9.80 Å². The topological polar surface area (TPSA) is 72.9 Å². The Kier molecular flexibility index (Phi) is 5.24. The summed E-state index contributed by atoms with van der Waals surface area (Å²) in [4.78, 5) is 26.2. The van der Waals surface area contributed by atoms with Crippen LogP contribution in [0.3, 0.4) is 0 Å². The first kappa shape index (κ1) is 15.4. The van der Waals surface area contributed by atoms with Crippen LogP contribution in [0.5, 0.6) is 0 Å². The number of aliphatic carboxylic acids is 1. The molecule has 1 aliphatic heterocycles. The number of carbonyl (C=O) groups excluding carboxylic acids is 1. The molecule has 0 aliphatic carbocycles. The average molecular weight is 295 g/mol. The van der Waals surface area contributed by atoms with Gasteiger partial charge in [0.1, 0.15) is 5.82 Å². The Hall–Kier alpha value is -1.99. The van der Waals surface area contributed by atoms with Crippen molar-refractivity contribution in [3.8, 4) is 0 Å². The predicted octanol–water partition coefficient (Wildman–Crippen LogP) is 0.466. The van der Waals surface area contributed by atoms with Crippen molar-refractivity contribution >= 4 is 17.6 Å². The Bertz CT molecular complexity index is 516. The predicted molar refractivity (Wildman–Crippen MR) is 75.5 cm³/mol. The fraction of sp³-hybridized carbons (Fsp3) is 0.429. The molecule has 1 saturated heterocycles. The van der Waals surface area contributed by atoms with Crippen LogP contribution < -0.4 is 5.32 Å². The minimum atomic E-state index is -0.847. The van der Waals surface area contributed by atoms with Crippen molar-refractivity contribution in [2.45, 2.75) is 0 Å². The molecule has 0 radical (unpaired) electrons. The largest absolute Gasteiger partial charge is 0.480 e. The van der Waals surface area contributed by atoms with Gasteiger partial charge in [-0.1, -0.05) is 12.1 Å². The molecular formula is C14H18FN3O3. The van der Waals surface area contributed by atoms with E-state index in [0.29, 0.717) is 26.2 Å². The lowest BCUT2D eigenvalue weighted by molar-refractivity contribution is -0.139. The van der Waals surface area contributed by atoms with Crippen LogP contribution in [0, 0.1) is 5.82 Å². The summed E-state index contributed by atoms with van der Waals surface area (Å²) in [5.41, 5.74) is 0.173. The van der Waals surface area contributed by atoms with Crippen LogP contribution in [-0.2, 0) is 9.59 Å². The summed E-state index contributed by atoms with van der Waals surface area (Å²) in [5, 5.41) is 11.2. The third-order valence-electron chi connectivity index (χ3n) is 3.34. The van der Waals surface area contributed by atoms with Crippen molar-refractivity contribution in [3.63, 3.8) is 0 Å². The molecule has 0 saturated carbocycles. The number of nitrogens with zero attached hydrogens (tertiary/aromatic N) is 2. The minimum Gasteiger partial charge on any atom is -0.480 e. The van der Waals surface area contributed by atoms with Crippen molar-refractivity contribution in [1.29, 1.82) is 0 Å². The molecule has 0 unspecified atom stereocenters. The molecule has 2 rings (SSSR count). The van der Waals surface area contributed by atoms with Crippen molar-refractivity contribution in [1.82, 2.24) is 9.80 Å². The molecule has 1 amide bonds. The summed E-state index contributed by atoms with van der Waals surface area (Å²) in [7, 11) is 0. The van der Waals surface area contributed by atoms with E-state index in [1.165, 1.54) is 12.1 Å². The number of benzene rings is 1. The molecule has 0 bridgehead atoms. The highest BCUT2D eigenvalue weighted by Crippen LogP contribution is 2.12. The smallest absolute Gasteiger partial charge is 0.317 e. The first-order valence-corrected chi connectivity index (χ1v) is 6.75. The normalized spacial score (nSPS) is 16.6. The fourth-order valence-electron chi connectivity index (χ4n) is 2.25. The van der Waals surface area contributed by atoms with E-state index in [0.717, 1.165) is 0 Å². The van der Waals surface area contributed by atoms with Crippen molar-refractivity contribution in [3.05, 3.63) is 30.1 Å². The van der Waals surface area contributed by atoms with E-state index in [1.54, 1.807) is 12.1 Å². The lowest BCUT2D eigenvalue weighted by Crippen LogP contribution is -2.49. The first-order chi connectivity index (χ1) is 10.0. The van der Waals surface area contributed by atoms with Crippen molar-refractivity contribution < 1.29 is 19.1 Å². The number of piperazine rings is 1. The zero-order valence-electron chi connectivity index (χ0n) is 11.6. The van der Waals surface area contributed by atoms with Crippen LogP contribution in [0.4, 0.5) is 10.1 Å². The maximum atomic E-state index is 13.4. The average Bonchev–Trinajstić information content (AvgIpc) is 2.43. The molecule has 0 atom stereocenters. The summed E-state index contributed by atoms with van der Waals surface area (Å²) in [6.45, 7) is 2.67. The molecule has 0 aromatic heterocycles. The summed E-state index contributed by atoms with van der Waals surface area (Å²) in [5.74, 6) is -1.58.